The molecule has 3 nitrogen and oxygen atoms in total. The zero-order valence-corrected chi connectivity index (χ0v) is 11.2. The second kappa shape index (κ2) is 5.27. The molecule has 0 bridgehead atoms. The highest BCUT2D eigenvalue weighted by Crippen LogP contribution is 2.17. The smallest absolute Gasteiger partial charge is 0.255 e. The summed E-state index contributed by atoms with van der Waals surface area (Å²) in [6.45, 7) is 1.86. The van der Waals surface area contributed by atoms with E-state index in [1.807, 2.05) is 6.92 Å². The van der Waals surface area contributed by atoms with Crippen LogP contribution in [0.5, 0.6) is 0 Å². The highest BCUT2D eigenvalue weighted by molar-refractivity contribution is 9.10. The third-order valence-electron chi connectivity index (χ3n) is 2.35. The van der Waals surface area contributed by atoms with Crippen molar-refractivity contribution in [2.24, 2.45) is 0 Å². The molecule has 0 aliphatic heterocycles. The first kappa shape index (κ1) is 12.7. The SMILES string of the molecule is Cc1ccc(NC(=O)c2ccc(F)c(Br)c2)cn1. The molecule has 0 aliphatic rings. The second-order valence-electron chi connectivity index (χ2n) is 3.77. The lowest BCUT2D eigenvalue weighted by Crippen LogP contribution is -2.12. The molecule has 0 atom stereocenters. The number of halogens is 2. The highest BCUT2D eigenvalue weighted by Gasteiger charge is 2.08. The molecular weight excluding hydrogens is 299 g/mol. The number of aryl methyl sites for hydroxylation is 1. The Hall–Kier alpha value is -1.75. The Morgan fingerprint density at radius 2 is 2.11 bits per heavy atom. The van der Waals surface area contributed by atoms with Gasteiger partial charge >= 0.3 is 0 Å². The van der Waals surface area contributed by atoms with E-state index < -0.39 is 5.82 Å². The minimum Gasteiger partial charge on any atom is -0.321 e. The van der Waals surface area contributed by atoms with Crippen LogP contribution in [0.25, 0.3) is 0 Å². The van der Waals surface area contributed by atoms with E-state index in [2.05, 4.69) is 26.2 Å². The molecule has 1 aromatic heterocycles. The molecular formula is C13H10BrFN2O. The summed E-state index contributed by atoms with van der Waals surface area (Å²) in [5, 5.41) is 2.69. The van der Waals surface area contributed by atoms with Gasteiger partial charge in [-0.15, -0.1) is 0 Å². The predicted molar refractivity (Wildman–Crippen MR) is 71.0 cm³/mol. The van der Waals surface area contributed by atoms with Gasteiger partial charge < -0.3 is 5.32 Å². The van der Waals surface area contributed by atoms with Crippen LogP contribution in [0.15, 0.2) is 41.0 Å². The molecule has 2 aromatic rings. The summed E-state index contributed by atoms with van der Waals surface area (Å²) < 4.78 is 13.3. The molecule has 1 amide bonds. The quantitative estimate of drug-likeness (QED) is 0.922. The highest BCUT2D eigenvalue weighted by atomic mass is 79.9. The van der Waals surface area contributed by atoms with Crippen LogP contribution < -0.4 is 5.32 Å². The van der Waals surface area contributed by atoms with Crippen molar-refractivity contribution in [1.82, 2.24) is 4.98 Å². The van der Waals surface area contributed by atoms with Gasteiger partial charge in [-0.2, -0.15) is 0 Å². The summed E-state index contributed by atoms with van der Waals surface area (Å²) in [6, 6.07) is 7.67. The van der Waals surface area contributed by atoms with E-state index >= 15 is 0 Å². The molecule has 0 saturated carbocycles. The monoisotopic (exact) mass is 308 g/mol. The molecule has 2 rings (SSSR count). The van der Waals surface area contributed by atoms with E-state index in [0.717, 1.165) is 5.69 Å². The van der Waals surface area contributed by atoms with Crippen LogP contribution in [-0.4, -0.2) is 10.9 Å². The maximum absolute atomic E-state index is 13.0. The number of hydrogen-bond acceptors (Lipinski definition) is 2. The van der Waals surface area contributed by atoms with E-state index in [9.17, 15) is 9.18 Å². The lowest BCUT2D eigenvalue weighted by atomic mass is 10.2. The van der Waals surface area contributed by atoms with E-state index in [1.165, 1.54) is 18.2 Å². The fourth-order valence-corrected chi connectivity index (χ4v) is 1.76. The van der Waals surface area contributed by atoms with Gasteiger partial charge in [0.25, 0.3) is 5.91 Å². The minimum absolute atomic E-state index is 0.261. The fraction of sp³-hybridized carbons (Fsp3) is 0.0769. The molecule has 0 saturated heterocycles. The van der Waals surface area contributed by atoms with Crippen molar-refractivity contribution in [3.05, 3.63) is 58.1 Å². The first-order valence-corrected chi connectivity index (χ1v) is 6.04. The molecule has 1 aromatic carbocycles. The summed E-state index contributed by atoms with van der Waals surface area (Å²) in [4.78, 5) is 16.0. The Labute approximate surface area is 112 Å². The van der Waals surface area contributed by atoms with Gasteiger partial charge in [-0.05, 0) is 53.2 Å². The van der Waals surface area contributed by atoms with Gasteiger partial charge in [-0.3, -0.25) is 9.78 Å². The van der Waals surface area contributed by atoms with Gasteiger partial charge in [0.2, 0.25) is 0 Å². The maximum atomic E-state index is 13.0. The first-order chi connectivity index (χ1) is 8.56. The topological polar surface area (TPSA) is 42.0 Å². The lowest BCUT2D eigenvalue weighted by molar-refractivity contribution is 0.102. The molecule has 1 heterocycles. The molecule has 0 fully saturated rings. The Bertz CT molecular complexity index is 584. The summed E-state index contributed by atoms with van der Waals surface area (Å²) in [5.74, 6) is -0.704. The van der Waals surface area contributed by atoms with E-state index in [-0.39, 0.29) is 10.4 Å². The number of nitrogens with one attached hydrogen (secondary N) is 1. The average Bonchev–Trinajstić information content (AvgIpc) is 2.35. The van der Waals surface area contributed by atoms with Gasteiger partial charge in [-0.25, -0.2) is 4.39 Å². The largest absolute Gasteiger partial charge is 0.321 e. The van der Waals surface area contributed by atoms with E-state index in [1.54, 1.807) is 18.3 Å². The van der Waals surface area contributed by atoms with Crippen LogP contribution in [0.3, 0.4) is 0 Å². The van der Waals surface area contributed by atoms with Crippen molar-refractivity contribution in [3.8, 4) is 0 Å². The van der Waals surface area contributed by atoms with Crippen LogP contribution in [0.2, 0.25) is 0 Å². The molecule has 18 heavy (non-hydrogen) atoms. The van der Waals surface area contributed by atoms with Crippen molar-refractivity contribution >= 4 is 27.5 Å². The van der Waals surface area contributed by atoms with Crippen LogP contribution in [0.1, 0.15) is 16.1 Å². The maximum Gasteiger partial charge on any atom is 0.255 e. The number of rotatable bonds is 2. The van der Waals surface area contributed by atoms with Crippen molar-refractivity contribution < 1.29 is 9.18 Å². The van der Waals surface area contributed by atoms with E-state index in [0.29, 0.717) is 11.3 Å². The zero-order chi connectivity index (χ0) is 13.1. The van der Waals surface area contributed by atoms with Crippen LogP contribution >= 0.6 is 15.9 Å². The normalized spacial score (nSPS) is 10.2. The Morgan fingerprint density at radius 1 is 1.33 bits per heavy atom. The molecule has 0 radical (unpaired) electrons. The average molecular weight is 309 g/mol. The predicted octanol–water partition coefficient (Wildman–Crippen LogP) is 3.54. The van der Waals surface area contributed by atoms with Crippen molar-refractivity contribution in [2.45, 2.75) is 6.92 Å². The summed E-state index contributed by atoms with van der Waals surface area (Å²) >= 11 is 3.04. The van der Waals surface area contributed by atoms with Crippen molar-refractivity contribution in [2.75, 3.05) is 5.32 Å². The number of amides is 1. The Balaban J connectivity index is 2.16. The number of nitrogens with zero attached hydrogens (tertiary/aromatic N) is 1. The molecule has 0 spiro atoms. The Morgan fingerprint density at radius 3 is 2.72 bits per heavy atom. The van der Waals surface area contributed by atoms with Crippen molar-refractivity contribution in [1.29, 1.82) is 0 Å². The van der Waals surface area contributed by atoms with Gasteiger partial charge in [0.05, 0.1) is 16.4 Å². The summed E-state index contributed by atoms with van der Waals surface area (Å²) in [6.07, 6.45) is 1.58. The first-order valence-electron chi connectivity index (χ1n) is 5.25. The molecule has 0 unspecified atom stereocenters. The summed E-state index contributed by atoms with van der Waals surface area (Å²) in [7, 11) is 0. The van der Waals surface area contributed by atoms with Crippen molar-refractivity contribution in [3.63, 3.8) is 0 Å². The van der Waals surface area contributed by atoms with Crippen LogP contribution in [0.4, 0.5) is 10.1 Å². The zero-order valence-electron chi connectivity index (χ0n) is 9.58. The standard InChI is InChI=1S/C13H10BrFN2O/c1-8-2-4-10(7-16-8)17-13(18)9-3-5-12(15)11(14)6-9/h2-7H,1H3,(H,17,18). The number of benzene rings is 1. The van der Waals surface area contributed by atoms with Gasteiger partial charge in [0.15, 0.2) is 0 Å². The van der Waals surface area contributed by atoms with Crippen LogP contribution in [0, 0.1) is 12.7 Å². The molecule has 0 aliphatic carbocycles. The molecule has 5 heteroatoms. The molecule has 92 valence electrons. The lowest BCUT2D eigenvalue weighted by Gasteiger charge is -2.05. The van der Waals surface area contributed by atoms with Crippen LogP contribution in [-0.2, 0) is 0 Å². The third-order valence-corrected chi connectivity index (χ3v) is 2.96. The molecule has 1 N–H and O–H groups in total. The number of carbonyl (C=O) groups excluding carboxylic acids is 1. The number of pyridine rings is 1. The van der Waals surface area contributed by atoms with Gasteiger partial charge in [-0.1, -0.05) is 0 Å². The number of aromatic nitrogens is 1. The number of hydrogen-bond donors (Lipinski definition) is 1. The van der Waals surface area contributed by atoms with Gasteiger partial charge in [0, 0.05) is 11.3 Å². The minimum atomic E-state index is -0.399. The van der Waals surface area contributed by atoms with E-state index in [4.69, 9.17) is 0 Å². The number of anilines is 1. The summed E-state index contributed by atoms with van der Waals surface area (Å²) in [5.41, 5.74) is 1.85. The second-order valence-corrected chi connectivity index (χ2v) is 4.63. The number of carbonyl (C=O) groups is 1. The van der Waals surface area contributed by atoms with Gasteiger partial charge in [0.1, 0.15) is 5.82 Å². The third kappa shape index (κ3) is 2.92. The Kier molecular flexibility index (Phi) is 3.72. The fourth-order valence-electron chi connectivity index (χ4n) is 1.38.